The van der Waals surface area contributed by atoms with Crippen LogP contribution in [0.25, 0.3) is 0 Å². The van der Waals surface area contributed by atoms with E-state index in [-0.39, 0.29) is 17.2 Å². The van der Waals surface area contributed by atoms with E-state index in [1.807, 2.05) is 20.8 Å². The number of primary amides is 1. The van der Waals surface area contributed by atoms with E-state index in [2.05, 4.69) is 4.72 Å². The quantitative estimate of drug-likeness (QED) is 0.677. The van der Waals surface area contributed by atoms with Gasteiger partial charge in [0, 0.05) is 0 Å². The summed E-state index contributed by atoms with van der Waals surface area (Å²) in [6.45, 7) is 6.87. The molecule has 3 N–H and O–H groups in total. The molecule has 134 valence electrons. The minimum atomic E-state index is -3.89. The molecule has 0 fully saturated rings. The van der Waals surface area contributed by atoms with E-state index >= 15 is 0 Å². The summed E-state index contributed by atoms with van der Waals surface area (Å²) in [5, 5.41) is 0. The molecule has 0 saturated heterocycles. The van der Waals surface area contributed by atoms with E-state index < -0.39 is 34.0 Å². The molecule has 1 aromatic carbocycles. The highest BCUT2D eigenvalue weighted by Gasteiger charge is 2.29. The van der Waals surface area contributed by atoms with Gasteiger partial charge in [0.05, 0.1) is 4.90 Å². The zero-order chi connectivity index (χ0) is 18.5. The maximum Gasteiger partial charge on any atom is 0.324 e. The second-order valence-electron chi connectivity index (χ2n) is 6.10. The molecule has 1 rings (SSSR count). The first-order valence-corrected chi connectivity index (χ1v) is 9.10. The van der Waals surface area contributed by atoms with E-state index in [4.69, 9.17) is 10.5 Å². The van der Waals surface area contributed by atoms with E-state index in [1.54, 1.807) is 12.1 Å². The van der Waals surface area contributed by atoms with Crippen molar-refractivity contribution in [3.8, 4) is 0 Å². The van der Waals surface area contributed by atoms with Crippen LogP contribution < -0.4 is 10.5 Å². The third kappa shape index (κ3) is 5.93. The van der Waals surface area contributed by atoms with Gasteiger partial charge in [-0.25, -0.2) is 8.42 Å². The summed E-state index contributed by atoms with van der Waals surface area (Å²) in [5.41, 5.74) is 5.98. The molecule has 0 spiro atoms. The third-order valence-corrected chi connectivity index (χ3v) is 4.80. The summed E-state index contributed by atoms with van der Waals surface area (Å²) in [6.07, 6.45) is -0.897. The highest BCUT2D eigenvalue weighted by atomic mass is 32.2. The molecule has 0 aliphatic rings. The molecule has 0 radical (unpaired) electrons. The lowest BCUT2D eigenvalue weighted by atomic mass is 10.0. The molecule has 0 saturated carbocycles. The molecule has 1 amide bonds. The number of benzene rings is 1. The molecule has 0 bridgehead atoms. The fraction of sp³-hybridized carbons (Fsp3) is 0.500. The third-order valence-electron chi connectivity index (χ3n) is 3.31. The second kappa shape index (κ2) is 8.25. The first kappa shape index (κ1) is 20.1. The molecular weight excluding hydrogens is 332 g/mol. The van der Waals surface area contributed by atoms with E-state index in [9.17, 15) is 18.0 Å². The van der Waals surface area contributed by atoms with Crippen LogP contribution in [-0.2, 0) is 24.3 Å². The van der Waals surface area contributed by atoms with Gasteiger partial charge in [0.15, 0.2) is 6.10 Å². The van der Waals surface area contributed by atoms with Crippen molar-refractivity contribution in [3.05, 3.63) is 29.8 Å². The molecule has 0 aliphatic carbocycles. The Morgan fingerprint density at radius 3 is 2.17 bits per heavy atom. The number of esters is 1. The van der Waals surface area contributed by atoms with Crippen molar-refractivity contribution in [2.45, 2.75) is 51.2 Å². The fourth-order valence-corrected chi connectivity index (χ4v) is 3.15. The molecule has 1 aromatic rings. The van der Waals surface area contributed by atoms with Crippen molar-refractivity contribution in [2.75, 3.05) is 0 Å². The normalized spacial score (nSPS) is 14.2. The van der Waals surface area contributed by atoms with Crippen LogP contribution in [0.4, 0.5) is 0 Å². The van der Waals surface area contributed by atoms with Crippen LogP contribution in [0, 0.1) is 12.8 Å². The van der Waals surface area contributed by atoms with Gasteiger partial charge in [-0.05, 0) is 38.3 Å². The monoisotopic (exact) mass is 356 g/mol. The van der Waals surface area contributed by atoms with Crippen molar-refractivity contribution in [1.82, 2.24) is 4.72 Å². The molecule has 2 atom stereocenters. The standard InChI is InChI=1S/C16H24N2O5S/c1-10(2)9-14(16(20)23-12(4)15(17)19)18-24(21,22)13-7-5-11(3)6-8-13/h5-8,10,12,14,18H,9H2,1-4H3,(H2,17,19)/t12-,14-/m1/s1. The molecule has 8 heteroatoms. The van der Waals surface area contributed by atoms with Gasteiger partial charge < -0.3 is 10.5 Å². The average molecular weight is 356 g/mol. The number of sulfonamides is 1. The Morgan fingerprint density at radius 1 is 1.17 bits per heavy atom. The number of nitrogens with two attached hydrogens (primary N) is 1. The molecule has 0 aliphatic heterocycles. The lowest BCUT2D eigenvalue weighted by Gasteiger charge is -2.21. The predicted molar refractivity (Wildman–Crippen MR) is 89.5 cm³/mol. The number of ether oxygens (including phenoxy) is 1. The zero-order valence-corrected chi connectivity index (χ0v) is 15.1. The van der Waals surface area contributed by atoms with Crippen LogP contribution in [0.3, 0.4) is 0 Å². The van der Waals surface area contributed by atoms with Gasteiger partial charge in [-0.3, -0.25) is 9.59 Å². The maximum absolute atomic E-state index is 12.4. The maximum atomic E-state index is 12.4. The van der Waals surface area contributed by atoms with Crippen LogP contribution in [0.1, 0.15) is 32.8 Å². The lowest BCUT2D eigenvalue weighted by molar-refractivity contribution is -0.155. The number of nitrogens with one attached hydrogen (secondary N) is 1. The Labute approximate surface area is 142 Å². The predicted octanol–water partition coefficient (Wildman–Crippen LogP) is 1.11. The van der Waals surface area contributed by atoms with Crippen molar-refractivity contribution in [3.63, 3.8) is 0 Å². The largest absolute Gasteiger partial charge is 0.451 e. The zero-order valence-electron chi connectivity index (χ0n) is 14.3. The number of carbonyl (C=O) groups is 2. The van der Waals surface area contributed by atoms with Crippen LogP contribution in [0.5, 0.6) is 0 Å². The minimum Gasteiger partial charge on any atom is -0.451 e. The van der Waals surface area contributed by atoms with Gasteiger partial charge >= 0.3 is 5.97 Å². The minimum absolute atomic E-state index is 0.0344. The van der Waals surface area contributed by atoms with Crippen LogP contribution >= 0.6 is 0 Å². The highest BCUT2D eigenvalue weighted by Crippen LogP contribution is 2.14. The molecule has 0 unspecified atom stereocenters. The summed E-state index contributed by atoms with van der Waals surface area (Å²) >= 11 is 0. The van der Waals surface area contributed by atoms with Crippen molar-refractivity contribution in [1.29, 1.82) is 0 Å². The van der Waals surface area contributed by atoms with Crippen molar-refractivity contribution in [2.24, 2.45) is 11.7 Å². The molecule has 0 heterocycles. The molecule has 0 aromatic heterocycles. The number of hydrogen-bond acceptors (Lipinski definition) is 5. The number of amides is 1. The van der Waals surface area contributed by atoms with Gasteiger partial charge in [-0.2, -0.15) is 4.72 Å². The molecule has 7 nitrogen and oxygen atoms in total. The Balaban J connectivity index is 2.98. The Bertz CT molecular complexity index is 683. The average Bonchev–Trinajstić information content (AvgIpc) is 2.46. The van der Waals surface area contributed by atoms with Crippen molar-refractivity contribution >= 4 is 21.9 Å². The molecular formula is C16H24N2O5S. The van der Waals surface area contributed by atoms with Crippen LogP contribution in [-0.4, -0.2) is 32.4 Å². The Hall–Kier alpha value is -1.93. The second-order valence-corrected chi connectivity index (χ2v) is 7.81. The summed E-state index contributed by atoms with van der Waals surface area (Å²) in [4.78, 5) is 23.3. The van der Waals surface area contributed by atoms with E-state index in [0.717, 1.165) is 5.56 Å². The lowest BCUT2D eigenvalue weighted by Crippen LogP contribution is -2.45. The molecule has 24 heavy (non-hydrogen) atoms. The first-order chi connectivity index (χ1) is 11.0. The van der Waals surface area contributed by atoms with Gasteiger partial charge in [-0.1, -0.05) is 31.5 Å². The highest BCUT2D eigenvalue weighted by molar-refractivity contribution is 7.89. The van der Waals surface area contributed by atoms with Gasteiger partial charge in [0.1, 0.15) is 6.04 Å². The number of carbonyl (C=O) groups excluding carboxylic acids is 2. The van der Waals surface area contributed by atoms with Crippen LogP contribution in [0.15, 0.2) is 29.2 Å². The Morgan fingerprint density at radius 2 is 1.71 bits per heavy atom. The fourth-order valence-electron chi connectivity index (χ4n) is 1.95. The van der Waals surface area contributed by atoms with Gasteiger partial charge in [-0.15, -0.1) is 0 Å². The Kier molecular flexibility index (Phi) is 6.92. The van der Waals surface area contributed by atoms with Crippen molar-refractivity contribution < 1.29 is 22.7 Å². The van der Waals surface area contributed by atoms with E-state index in [0.29, 0.717) is 0 Å². The number of hydrogen-bond donors (Lipinski definition) is 2. The number of rotatable bonds is 8. The summed E-state index contributed by atoms with van der Waals surface area (Å²) in [6, 6.07) is 5.15. The van der Waals surface area contributed by atoms with E-state index in [1.165, 1.54) is 19.1 Å². The summed E-state index contributed by atoms with van der Waals surface area (Å²) in [5.74, 6) is -1.59. The summed E-state index contributed by atoms with van der Waals surface area (Å²) in [7, 11) is -3.89. The van der Waals surface area contributed by atoms with Gasteiger partial charge in [0.25, 0.3) is 5.91 Å². The number of aryl methyl sites for hydroxylation is 1. The van der Waals surface area contributed by atoms with Gasteiger partial charge in [0.2, 0.25) is 10.0 Å². The van der Waals surface area contributed by atoms with Crippen LogP contribution in [0.2, 0.25) is 0 Å². The smallest absolute Gasteiger partial charge is 0.324 e. The topological polar surface area (TPSA) is 116 Å². The first-order valence-electron chi connectivity index (χ1n) is 7.61. The SMILES string of the molecule is Cc1ccc(S(=O)(=O)N[C@H](CC(C)C)C(=O)O[C@H](C)C(N)=O)cc1. The summed E-state index contributed by atoms with van der Waals surface area (Å²) < 4.78 is 32.2.